The van der Waals surface area contributed by atoms with Crippen LogP contribution in [0.25, 0.3) is 0 Å². The highest BCUT2D eigenvalue weighted by Gasteiger charge is 2.24. The molecule has 6 heteroatoms. The molecule has 2 rings (SSSR count). The van der Waals surface area contributed by atoms with Crippen molar-refractivity contribution in [2.24, 2.45) is 0 Å². The van der Waals surface area contributed by atoms with Crippen LogP contribution in [0.1, 0.15) is 25.7 Å². The number of aromatic nitrogens is 2. The molecule has 1 saturated heterocycles. The van der Waals surface area contributed by atoms with Crippen molar-refractivity contribution in [1.82, 2.24) is 10.2 Å². The van der Waals surface area contributed by atoms with Gasteiger partial charge in [-0.05, 0) is 41.6 Å². The summed E-state index contributed by atoms with van der Waals surface area (Å²) in [6.07, 6.45) is 4.44. The van der Waals surface area contributed by atoms with Crippen molar-refractivity contribution >= 4 is 32.4 Å². The molecule has 2 heterocycles. The third-order valence-electron chi connectivity index (χ3n) is 2.72. The van der Waals surface area contributed by atoms with Crippen LogP contribution in [0, 0.1) is 0 Å². The summed E-state index contributed by atoms with van der Waals surface area (Å²) in [4.78, 5) is 2.28. The molecule has 1 aliphatic heterocycles. The molecule has 0 spiro atoms. The largest absolute Gasteiger partial charge is 0.396 e. The van der Waals surface area contributed by atoms with Gasteiger partial charge in [-0.3, -0.25) is 0 Å². The van der Waals surface area contributed by atoms with Gasteiger partial charge in [-0.15, -0.1) is 10.2 Å². The van der Waals surface area contributed by atoms with E-state index in [4.69, 9.17) is 5.11 Å². The Labute approximate surface area is 101 Å². The summed E-state index contributed by atoms with van der Waals surface area (Å²) in [6.45, 7) is 1.29. The molecule has 1 fully saturated rings. The molecule has 1 aliphatic rings. The first kappa shape index (κ1) is 11.3. The molecule has 15 heavy (non-hydrogen) atoms. The lowest BCUT2D eigenvalue weighted by Gasteiger charge is -2.34. The Morgan fingerprint density at radius 2 is 2.33 bits per heavy atom. The summed E-state index contributed by atoms with van der Waals surface area (Å²) >= 11 is 4.89. The minimum absolute atomic E-state index is 0.251. The van der Waals surface area contributed by atoms with Gasteiger partial charge in [0.2, 0.25) is 5.13 Å². The van der Waals surface area contributed by atoms with Crippen molar-refractivity contribution in [2.75, 3.05) is 18.1 Å². The van der Waals surface area contributed by atoms with E-state index >= 15 is 0 Å². The maximum atomic E-state index is 9.02. The highest BCUT2D eigenvalue weighted by Crippen LogP contribution is 2.30. The van der Waals surface area contributed by atoms with Crippen LogP contribution in [-0.2, 0) is 0 Å². The lowest BCUT2D eigenvalue weighted by Crippen LogP contribution is -2.40. The third kappa shape index (κ3) is 2.68. The van der Waals surface area contributed by atoms with Crippen LogP contribution in [0.5, 0.6) is 0 Å². The van der Waals surface area contributed by atoms with E-state index in [0.29, 0.717) is 6.04 Å². The average Bonchev–Trinajstić information content (AvgIpc) is 2.66. The van der Waals surface area contributed by atoms with Gasteiger partial charge in [-0.25, -0.2) is 0 Å². The predicted molar refractivity (Wildman–Crippen MR) is 64.3 cm³/mol. The number of anilines is 1. The number of hydrogen-bond acceptors (Lipinski definition) is 5. The first-order valence-electron chi connectivity index (χ1n) is 5.18. The van der Waals surface area contributed by atoms with Crippen LogP contribution < -0.4 is 4.90 Å². The van der Waals surface area contributed by atoms with Crippen LogP contribution in [-0.4, -0.2) is 34.5 Å². The van der Waals surface area contributed by atoms with E-state index < -0.39 is 0 Å². The quantitative estimate of drug-likeness (QED) is 0.926. The first-order chi connectivity index (χ1) is 7.31. The molecule has 0 amide bonds. The zero-order valence-electron chi connectivity index (χ0n) is 8.40. The first-order valence-corrected chi connectivity index (χ1v) is 6.78. The summed E-state index contributed by atoms with van der Waals surface area (Å²) in [5.41, 5.74) is 0. The SMILES string of the molecule is OCCC1CCCCN1c1nnc(Br)s1. The van der Waals surface area contributed by atoms with Gasteiger partial charge in [-0.2, -0.15) is 0 Å². The molecule has 0 bridgehead atoms. The van der Waals surface area contributed by atoms with Gasteiger partial charge in [0.15, 0.2) is 3.92 Å². The Bertz CT molecular complexity index is 318. The van der Waals surface area contributed by atoms with Crippen LogP contribution in [0.4, 0.5) is 5.13 Å². The Balaban J connectivity index is 2.10. The van der Waals surface area contributed by atoms with Gasteiger partial charge in [0.1, 0.15) is 0 Å². The molecule has 1 atom stereocenters. The fourth-order valence-corrected chi connectivity index (χ4v) is 3.20. The summed E-state index contributed by atoms with van der Waals surface area (Å²) in [7, 11) is 0. The van der Waals surface area contributed by atoms with Gasteiger partial charge in [0, 0.05) is 19.2 Å². The lowest BCUT2D eigenvalue weighted by molar-refractivity contribution is 0.262. The molecule has 1 aromatic heterocycles. The van der Waals surface area contributed by atoms with Crippen LogP contribution in [0.15, 0.2) is 3.92 Å². The van der Waals surface area contributed by atoms with Gasteiger partial charge in [0.05, 0.1) is 0 Å². The summed E-state index contributed by atoms with van der Waals surface area (Å²) < 4.78 is 0.825. The Morgan fingerprint density at radius 1 is 1.47 bits per heavy atom. The van der Waals surface area contributed by atoms with Crippen molar-refractivity contribution in [2.45, 2.75) is 31.7 Å². The Kier molecular flexibility index (Phi) is 3.93. The number of halogens is 1. The van der Waals surface area contributed by atoms with E-state index in [-0.39, 0.29) is 6.61 Å². The molecule has 4 nitrogen and oxygen atoms in total. The molecule has 0 aromatic carbocycles. The van der Waals surface area contributed by atoms with Gasteiger partial charge in [0.25, 0.3) is 0 Å². The van der Waals surface area contributed by atoms with E-state index in [1.807, 2.05) is 0 Å². The number of aliphatic hydroxyl groups is 1. The molecule has 0 radical (unpaired) electrons. The molecule has 1 unspecified atom stereocenters. The number of aliphatic hydroxyl groups excluding tert-OH is 1. The van der Waals surface area contributed by atoms with Crippen molar-refractivity contribution in [3.63, 3.8) is 0 Å². The lowest BCUT2D eigenvalue weighted by atomic mass is 10.0. The predicted octanol–water partition coefficient (Wildman–Crippen LogP) is 2.04. The minimum atomic E-state index is 0.251. The van der Waals surface area contributed by atoms with E-state index in [2.05, 4.69) is 31.0 Å². The van der Waals surface area contributed by atoms with Crippen molar-refractivity contribution in [3.8, 4) is 0 Å². The summed E-state index contributed by atoms with van der Waals surface area (Å²) in [5, 5.41) is 18.1. The topological polar surface area (TPSA) is 49.2 Å². The molecule has 0 saturated carbocycles. The Hall–Kier alpha value is -0.200. The second-order valence-corrected chi connectivity index (χ2v) is 5.92. The Morgan fingerprint density at radius 3 is 3.00 bits per heavy atom. The molecule has 1 N–H and O–H groups in total. The fourth-order valence-electron chi connectivity index (χ4n) is 2.02. The van der Waals surface area contributed by atoms with Crippen molar-refractivity contribution in [1.29, 1.82) is 0 Å². The molecule has 1 aromatic rings. The fraction of sp³-hybridized carbons (Fsp3) is 0.778. The average molecular weight is 292 g/mol. The number of nitrogens with zero attached hydrogens (tertiary/aromatic N) is 3. The molecular formula is C9H14BrN3OS. The van der Waals surface area contributed by atoms with Gasteiger partial charge < -0.3 is 10.0 Å². The maximum absolute atomic E-state index is 9.02. The van der Waals surface area contributed by atoms with Crippen molar-refractivity contribution in [3.05, 3.63) is 3.92 Å². The summed E-state index contributed by atoms with van der Waals surface area (Å²) in [5.74, 6) is 0. The normalized spacial score (nSPS) is 22.0. The molecule has 0 aliphatic carbocycles. The molecular weight excluding hydrogens is 278 g/mol. The smallest absolute Gasteiger partial charge is 0.209 e. The van der Waals surface area contributed by atoms with Gasteiger partial charge in [-0.1, -0.05) is 11.3 Å². The minimum Gasteiger partial charge on any atom is -0.396 e. The zero-order valence-corrected chi connectivity index (χ0v) is 10.8. The standard InChI is InChI=1S/C9H14BrN3OS/c10-8-11-12-9(15-8)13-5-2-1-3-7(13)4-6-14/h7,14H,1-6H2. The van der Waals surface area contributed by atoms with E-state index in [1.165, 1.54) is 12.8 Å². The zero-order chi connectivity index (χ0) is 10.7. The highest BCUT2D eigenvalue weighted by atomic mass is 79.9. The molecule has 84 valence electrons. The van der Waals surface area contributed by atoms with Crippen LogP contribution in [0.2, 0.25) is 0 Å². The third-order valence-corrected chi connectivity index (χ3v) is 4.12. The number of rotatable bonds is 3. The number of hydrogen-bond donors (Lipinski definition) is 1. The van der Waals surface area contributed by atoms with Crippen molar-refractivity contribution < 1.29 is 5.11 Å². The maximum Gasteiger partial charge on any atom is 0.209 e. The van der Waals surface area contributed by atoms with Gasteiger partial charge >= 0.3 is 0 Å². The van der Waals surface area contributed by atoms with E-state index in [0.717, 1.165) is 28.4 Å². The second kappa shape index (κ2) is 5.23. The van der Waals surface area contributed by atoms with E-state index in [1.54, 1.807) is 11.3 Å². The van der Waals surface area contributed by atoms with E-state index in [9.17, 15) is 0 Å². The second-order valence-electron chi connectivity index (χ2n) is 3.69. The summed E-state index contributed by atoms with van der Waals surface area (Å²) in [6, 6.07) is 0.434. The monoisotopic (exact) mass is 291 g/mol. The number of piperidine rings is 1. The van der Waals surface area contributed by atoms with Crippen LogP contribution >= 0.6 is 27.3 Å². The highest BCUT2D eigenvalue weighted by molar-refractivity contribution is 9.11. The van der Waals surface area contributed by atoms with Crippen LogP contribution in [0.3, 0.4) is 0 Å².